The van der Waals surface area contributed by atoms with Gasteiger partial charge in [0.2, 0.25) is 20.0 Å². The Morgan fingerprint density at radius 2 is 1.71 bits per heavy atom. The predicted octanol–water partition coefficient (Wildman–Crippen LogP) is -0.269. The van der Waals surface area contributed by atoms with E-state index >= 15 is 0 Å². The molecule has 0 bridgehead atoms. The van der Waals surface area contributed by atoms with Crippen LogP contribution in [0.1, 0.15) is 13.3 Å². The summed E-state index contributed by atoms with van der Waals surface area (Å²) in [5.74, 6) is 0.606. The second-order valence-electron chi connectivity index (χ2n) is 4.37. The minimum atomic E-state index is -3.69. The van der Waals surface area contributed by atoms with E-state index < -0.39 is 20.0 Å². The molecule has 0 aromatic carbocycles. The highest BCUT2D eigenvalue weighted by atomic mass is 32.2. The molecule has 0 saturated heterocycles. The summed E-state index contributed by atoms with van der Waals surface area (Å²) in [6.07, 6.45) is 3.20. The molecule has 0 radical (unpaired) electrons. The maximum Gasteiger partial charge on any atom is 0.242 e. The molecule has 1 aromatic rings. The maximum absolute atomic E-state index is 11.9. The van der Waals surface area contributed by atoms with Crippen molar-refractivity contribution >= 4 is 25.9 Å². The average molecular weight is 336 g/mol. The van der Waals surface area contributed by atoms with Crippen molar-refractivity contribution in [1.82, 2.24) is 14.4 Å². The van der Waals surface area contributed by atoms with Gasteiger partial charge >= 0.3 is 0 Å². The monoisotopic (exact) mass is 336 g/mol. The molecule has 0 atom stereocenters. The van der Waals surface area contributed by atoms with E-state index in [9.17, 15) is 16.8 Å². The van der Waals surface area contributed by atoms with Crippen LogP contribution in [0.3, 0.4) is 0 Å². The van der Waals surface area contributed by atoms with Crippen molar-refractivity contribution in [3.8, 4) is 0 Å². The predicted molar refractivity (Wildman–Crippen MR) is 81.1 cm³/mol. The summed E-state index contributed by atoms with van der Waals surface area (Å²) in [5, 5.41) is 3.04. The first-order valence-corrected chi connectivity index (χ1v) is 9.76. The van der Waals surface area contributed by atoms with E-state index in [2.05, 4.69) is 19.7 Å². The number of hydrogen-bond acceptors (Lipinski definition) is 6. The molecule has 1 aromatic heterocycles. The van der Waals surface area contributed by atoms with E-state index in [0.29, 0.717) is 5.82 Å². The number of nitrogens with zero attached hydrogens (tertiary/aromatic N) is 1. The van der Waals surface area contributed by atoms with Crippen LogP contribution in [-0.2, 0) is 20.0 Å². The van der Waals surface area contributed by atoms with Crippen molar-refractivity contribution in [1.29, 1.82) is 0 Å². The Morgan fingerprint density at radius 3 is 2.24 bits per heavy atom. The van der Waals surface area contributed by atoms with E-state index in [1.807, 2.05) is 6.92 Å². The first-order valence-electron chi connectivity index (χ1n) is 6.39. The van der Waals surface area contributed by atoms with Gasteiger partial charge in [-0.1, -0.05) is 6.92 Å². The molecule has 120 valence electrons. The molecule has 0 aliphatic carbocycles. The summed E-state index contributed by atoms with van der Waals surface area (Å²) < 4.78 is 50.0. The van der Waals surface area contributed by atoms with Crippen molar-refractivity contribution < 1.29 is 16.8 Å². The smallest absolute Gasteiger partial charge is 0.242 e. The van der Waals surface area contributed by atoms with Gasteiger partial charge in [0, 0.05) is 25.8 Å². The molecule has 0 fully saturated rings. The first kappa shape index (κ1) is 17.8. The second-order valence-corrected chi connectivity index (χ2v) is 7.97. The number of aromatic nitrogens is 1. The molecule has 0 aliphatic heterocycles. The van der Waals surface area contributed by atoms with Gasteiger partial charge in [-0.3, -0.25) is 0 Å². The normalized spacial score (nSPS) is 12.3. The second kappa shape index (κ2) is 7.69. The molecule has 1 rings (SSSR count). The fraction of sp³-hybridized carbons (Fsp3) is 0.545. The van der Waals surface area contributed by atoms with E-state index in [-0.39, 0.29) is 18.0 Å². The van der Waals surface area contributed by atoms with Crippen molar-refractivity contribution in [2.75, 3.05) is 31.2 Å². The molecule has 1 heterocycles. The van der Waals surface area contributed by atoms with E-state index in [1.165, 1.54) is 12.3 Å². The van der Waals surface area contributed by atoms with Gasteiger partial charge in [-0.15, -0.1) is 0 Å². The summed E-state index contributed by atoms with van der Waals surface area (Å²) in [6, 6.07) is 3.02. The molecule has 8 nitrogen and oxygen atoms in total. The largest absolute Gasteiger partial charge is 0.370 e. The Labute approximate surface area is 125 Å². The van der Waals surface area contributed by atoms with Crippen LogP contribution >= 0.6 is 0 Å². The summed E-state index contributed by atoms with van der Waals surface area (Å²) >= 11 is 0. The van der Waals surface area contributed by atoms with Crippen LogP contribution in [0.4, 0.5) is 5.82 Å². The number of sulfonamides is 2. The molecular formula is C11H20N4O4S2. The third-order valence-corrected chi connectivity index (χ3v) is 4.56. The highest BCUT2D eigenvalue weighted by Gasteiger charge is 2.14. The minimum Gasteiger partial charge on any atom is -0.370 e. The fourth-order valence-corrected chi connectivity index (χ4v) is 2.85. The highest BCUT2D eigenvalue weighted by molar-refractivity contribution is 7.89. The molecule has 0 amide bonds. The zero-order valence-electron chi connectivity index (χ0n) is 12.0. The lowest BCUT2D eigenvalue weighted by molar-refractivity contribution is 0.573. The number of pyridine rings is 1. The van der Waals surface area contributed by atoms with Crippen LogP contribution in [0.15, 0.2) is 23.2 Å². The fourth-order valence-electron chi connectivity index (χ4n) is 1.40. The Balaban J connectivity index is 2.57. The topological polar surface area (TPSA) is 117 Å². The van der Waals surface area contributed by atoms with Gasteiger partial charge in [-0.2, -0.15) is 0 Å². The standard InChI is InChI=1S/C11H20N4O4S2/c1-3-6-12-11-5-4-10(9-13-11)21(18,19)15-8-7-14-20(2,16)17/h4-5,9,14-15H,3,6-8H2,1-2H3,(H,12,13). The van der Waals surface area contributed by atoms with Crippen molar-refractivity contribution in [3.63, 3.8) is 0 Å². The van der Waals surface area contributed by atoms with Gasteiger partial charge < -0.3 is 5.32 Å². The van der Waals surface area contributed by atoms with Crippen LogP contribution < -0.4 is 14.8 Å². The van der Waals surface area contributed by atoms with E-state index in [1.54, 1.807) is 6.07 Å². The van der Waals surface area contributed by atoms with E-state index in [0.717, 1.165) is 19.2 Å². The lowest BCUT2D eigenvalue weighted by atomic mass is 10.4. The van der Waals surface area contributed by atoms with Gasteiger partial charge in [-0.05, 0) is 18.6 Å². The lowest BCUT2D eigenvalue weighted by Crippen LogP contribution is -2.34. The van der Waals surface area contributed by atoms with Gasteiger partial charge in [0.05, 0.1) is 6.26 Å². The summed E-state index contributed by atoms with van der Waals surface area (Å²) in [7, 11) is -7.02. The van der Waals surface area contributed by atoms with Crippen molar-refractivity contribution in [3.05, 3.63) is 18.3 Å². The molecule has 0 saturated carbocycles. The Kier molecular flexibility index (Phi) is 6.52. The average Bonchev–Trinajstić information content (AvgIpc) is 2.41. The van der Waals surface area contributed by atoms with Crippen molar-refractivity contribution in [2.24, 2.45) is 0 Å². The van der Waals surface area contributed by atoms with E-state index in [4.69, 9.17) is 0 Å². The van der Waals surface area contributed by atoms with Gasteiger partial charge in [0.1, 0.15) is 10.7 Å². The van der Waals surface area contributed by atoms with Gasteiger partial charge in [0.25, 0.3) is 0 Å². The Hall–Kier alpha value is -1.23. The third kappa shape index (κ3) is 6.85. The highest BCUT2D eigenvalue weighted by Crippen LogP contribution is 2.10. The first-order chi connectivity index (χ1) is 9.74. The molecule has 21 heavy (non-hydrogen) atoms. The molecule has 0 spiro atoms. The summed E-state index contributed by atoms with van der Waals surface area (Å²) in [5.41, 5.74) is 0. The third-order valence-electron chi connectivity index (χ3n) is 2.38. The number of anilines is 1. The van der Waals surface area contributed by atoms with Crippen molar-refractivity contribution in [2.45, 2.75) is 18.2 Å². The summed E-state index contributed by atoms with van der Waals surface area (Å²) in [4.78, 5) is 4.04. The number of hydrogen-bond donors (Lipinski definition) is 3. The minimum absolute atomic E-state index is 0.0123. The number of rotatable bonds is 9. The van der Waals surface area contributed by atoms with Gasteiger partial charge in [-0.25, -0.2) is 31.3 Å². The molecule has 3 N–H and O–H groups in total. The molecular weight excluding hydrogens is 316 g/mol. The molecule has 10 heteroatoms. The molecule has 0 unspecified atom stereocenters. The summed E-state index contributed by atoms with van der Waals surface area (Å²) in [6.45, 7) is 2.72. The number of nitrogens with one attached hydrogen (secondary N) is 3. The SMILES string of the molecule is CCCNc1ccc(S(=O)(=O)NCCNS(C)(=O)=O)cn1. The molecule has 0 aliphatic rings. The zero-order chi connectivity index (χ0) is 15.9. The maximum atomic E-state index is 11.9. The quantitative estimate of drug-likeness (QED) is 0.535. The lowest BCUT2D eigenvalue weighted by Gasteiger charge is -2.08. The van der Waals surface area contributed by atoms with Crippen LogP contribution in [0.25, 0.3) is 0 Å². The van der Waals surface area contributed by atoms with Crippen LogP contribution in [0, 0.1) is 0 Å². The van der Waals surface area contributed by atoms with Crippen LogP contribution in [0.5, 0.6) is 0 Å². The van der Waals surface area contributed by atoms with Gasteiger partial charge in [0.15, 0.2) is 0 Å². The Bertz CT molecular complexity index is 641. The van der Waals surface area contributed by atoms with Crippen LogP contribution in [0.2, 0.25) is 0 Å². The van der Waals surface area contributed by atoms with Crippen LogP contribution in [-0.4, -0.2) is 47.7 Å². The Morgan fingerprint density at radius 1 is 1.05 bits per heavy atom. The zero-order valence-corrected chi connectivity index (χ0v) is 13.6.